The lowest BCUT2D eigenvalue weighted by molar-refractivity contribution is -0.142. The van der Waals surface area contributed by atoms with Crippen molar-refractivity contribution in [1.82, 2.24) is 0 Å². The zero-order valence-electron chi connectivity index (χ0n) is 9.67. The van der Waals surface area contributed by atoms with Gasteiger partial charge in [0.25, 0.3) is 0 Å². The molecule has 1 amide bonds. The second-order valence-corrected chi connectivity index (χ2v) is 3.62. The molecule has 0 fully saturated rings. The van der Waals surface area contributed by atoms with Gasteiger partial charge in [-0.1, -0.05) is 0 Å². The van der Waals surface area contributed by atoms with Gasteiger partial charge in [0.15, 0.2) is 0 Å². The lowest BCUT2D eigenvalue weighted by Crippen LogP contribution is -2.16. The van der Waals surface area contributed by atoms with Crippen molar-refractivity contribution in [3.63, 3.8) is 0 Å². The molecule has 0 radical (unpaired) electrons. The number of nitrogens with two attached hydrogens (primary N) is 1. The summed E-state index contributed by atoms with van der Waals surface area (Å²) in [5, 5.41) is 2.34. The molecule has 4 nitrogen and oxygen atoms in total. The number of rotatable bonds is 4. The van der Waals surface area contributed by atoms with Crippen LogP contribution < -0.4 is 15.8 Å². The predicted molar refractivity (Wildman–Crippen MR) is 61.3 cm³/mol. The highest BCUT2D eigenvalue weighted by Crippen LogP contribution is 2.26. The van der Waals surface area contributed by atoms with Crippen molar-refractivity contribution < 1.29 is 22.7 Å². The van der Waals surface area contributed by atoms with Crippen molar-refractivity contribution in [3.8, 4) is 5.75 Å². The molecular weight excluding hydrogens is 249 g/mol. The van der Waals surface area contributed by atoms with Crippen molar-refractivity contribution in [2.45, 2.75) is 19.0 Å². The van der Waals surface area contributed by atoms with Gasteiger partial charge in [0, 0.05) is 18.2 Å². The summed E-state index contributed by atoms with van der Waals surface area (Å²) in [5.74, 6) is -0.359. The second kappa shape index (κ2) is 5.61. The third kappa shape index (κ3) is 4.52. The molecule has 0 atom stereocenters. The molecule has 0 aliphatic rings. The third-order valence-corrected chi connectivity index (χ3v) is 2.15. The molecule has 18 heavy (non-hydrogen) atoms. The van der Waals surface area contributed by atoms with E-state index < -0.39 is 24.9 Å². The van der Waals surface area contributed by atoms with Crippen LogP contribution in [0.5, 0.6) is 5.75 Å². The minimum atomic E-state index is -4.34. The zero-order valence-corrected chi connectivity index (χ0v) is 9.67. The standard InChI is InChI=1S/C11H13F3N2O2/c1-18-9-6-7(2-3-8(9)15)16-10(17)4-5-11(12,13)14/h2-3,6H,4-5,15H2,1H3,(H,16,17). The minimum Gasteiger partial charge on any atom is -0.495 e. The molecule has 7 heteroatoms. The summed E-state index contributed by atoms with van der Waals surface area (Å²) in [6.07, 6.45) is -6.10. The Balaban J connectivity index is 2.59. The van der Waals surface area contributed by atoms with Crippen molar-refractivity contribution >= 4 is 17.3 Å². The fraction of sp³-hybridized carbons (Fsp3) is 0.364. The van der Waals surface area contributed by atoms with Crippen LogP contribution in [0.3, 0.4) is 0 Å². The molecule has 0 unspecified atom stereocenters. The first-order valence-corrected chi connectivity index (χ1v) is 5.12. The van der Waals surface area contributed by atoms with E-state index in [1.54, 1.807) is 0 Å². The van der Waals surface area contributed by atoms with E-state index in [9.17, 15) is 18.0 Å². The highest BCUT2D eigenvalue weighted by molar-refractivity contribution is 5.91. The molecule has 0 heterocycles. The molecule has 1 aromatic carbocycles. The topological polar surface area (TPSA) is 64.3 Å². The summed E-state index contributed by atoms with van der Waals surface area (Å²) in [6, 6.07) is 4.43. The number of alkyl halides is 3. The van der Waals surface area contributed by atoms with Crippen molar-refractivity contribution in [3.05, 3.63) is 18.2 Å². The first-order chi connectivity index (χ1) is 8.31. The summed E-state index contributed by atoms with van der Waals surface area (Å²) in [4.78, 5) is 11.3. The van der Waals surface area contributed by atoms with Crippen LogP contribution in [0, 0.1) is 0 Å². The van der Waals surface area contributed by atoms with Crippen molar-refractivity contribution in [2.75, 3.05) is 18.2 Å². The number of halogens is 3. The van der Waals surface area contributed by atoms with Gasteiger partial charge in [-0.15, -0.1) is 0 Å². The summed E-state index contributed by atoms with van der Waals surface area (Å²) in [7, 11) is 1.40. The SMILES string of the molecule is COc1cc(NC(=O)CCC(F)(F)F)ccc1N. The maximum absolute atomic E-state index is 11.9. The van der Waals surface area contributed by atoms with Crippen LogP contribution in [-0.2, 0) is 4.79 Å². The van der Waals surface area contributed by atoms with E-state index >= 15 is 0 Å². The Hall–Kier alpha value is -1.92. The predicted octanol–water partition coefficient (Wildman–Crippen LogP) is 2.56. The Morgan fingerprint density at radius 2 is 2.11 bits per heavy atom. The lowest BCUT2D eigenvalue weighted by Gasteiger charge is -2.09. The molecule has 0 aliphatic carbocycles. The van der Waals surface area contributed by atoms with Gasteiger partial charge in [0.05, 0.1) is 19.2 Å². The third-order valence-electron chi connectivity index (χ3n) is 2.15. The number of nitrogens with one attached hydrogen (secondary N) is 1. The van der Waals surface area contributed by atoms with Crippen LogP contribution in [0.25, 0.3) is 0 Å². The Morgan fingerprint density at radius 3 is 2.67 bits per heavy atom. The average molecular weight is 262 g/mol. The molecule has 1 rings (SSSR count). The van der Waals surface area contributed by atoms with E-state index in [4.69, 9.17) is 10.5 Å². The Kier molecular flexibility index (Phi) is 4.41. The number of methoxy groups -OCH3 is 1. The van der Waals surface area contributed by atoms with Gasteiger partial charge in [-0.3, -0.25) is 4.79 Å². The molecule has 100 valence electrons. The first kappa shape index (κ1) is 14.1. The van der Waals surface area contributed by atoms with E-state index in [2.05, 4.69) is 5.32 Å². The number of carbonyl (C=O) groups is 1. The molecule has 0 saturated heterocycles. The minimum absolute atomic E-state index is 0.341. The number of hydrogen-bond acceptors (Lipinski definition) is 3. The zero-order chi connectivity index (χ0) is 13.8. The molecule has 1 aromatic rings. The number of anilines is 2. The van der Waals surface area contributed by atoms with Gasteiger partial charge in [-0.05, 0) is 12.1 Å². The molecular formula is C11H13F3N2O2. The number of nitrogen functional groups attached to an aromatic ring is 1. The summed E-state index contributed by atoms with van der Waals surface area (Å²) in [5.41, 5.74) is 6.28. The lowest BCUT2D eigenvalue weighted by atomic mass is 10.2. The Labute approximate surface area is 102 Å². The van der Waals surface area contributed by atoms with Crippen LogP contribution in [0.4, 0.5) is 24.5 Å². The van der Waals surface area contributed by atoms with Gasteiger partial charge in [0.1, 0.15) is 5.75 Å². The van der Waals surface area contributed by atoms with Gasteiger partial charge in [-0.2, -0.15) is 13.2 Å². The maximum Gasteiger partial charge on any atom is 0.389 e. The molecule has 3 N–H and O–H groups in total. The van der Waals surface area contributed by atoms with E-state index in [1.807, 2.05) is 0 Å². The van der Waals surface area contributed by atoms with E-state index in [0.717, 1.165) is 0 Å². The number of benzene rings is 1. The Bertz CT molecular complexity index is 433. The quantitative estimate of drug-likeness (QED) is 0.819. The molecule has 0 spiro atoms. The largest absolute Gasteiger partial charge is 0.495 e. The molecule has 0 aromatic heterocycles. The smallest absolute Gasteiger partial charge is 0.389 e. The normalized spacial score (nSPS) is 11.1. The van der Waals surface area contributed by atoms with Gasteiger partial charge in [-0.25, -0.2) is 0 Å². The molecule has 0 saturated carbocycles. The number of amides is 1. The van der Waals surface area contributed by atoms with E-state index in [1.165, 1.54) is 25.3 Å². The Morgan fingerprint density at radius 1 is 1.44 bits per heavy atom. The first-order valence-electron chi connectivity index (χ1n) is 5.12. The summed E-state index contributed by atoms with van der Waals surface area (Å²) >= 11 is 0. The highest BCUT2D eigenvalue weighted by atomic mass is 19.4. The van der Waals surface area contributed by atoms with Crippen molar-refractivity contribution in [1.29, 1.82) is 0 Å². The van der Waals surface area contributed by atoms with Gasteiger partial charge in [0.2, 0.25) is 5.91 Å². The van der Waals surface area contributed by atoms with Crippen molar-refractivity contribution in [2.24, 2.45) is 0 Å². The van der Waals surface area contributed by atoms with E-state index in [-0.39, 0.29) is 0 Å². The monoisotopic (exact) mass is 262 g/mol. The fourth-order valence-electron chi connectivity index (χ4n) is 1.27. The summed E-state index contributed by atoms with van der Waals surface area (Å²) < 4.78 is 40.7. The number of hydrogen-bond donors (Lipinski definition) is 2. The number of ether oxygens (including phenoxy) is 1. The average Bonchev–Trinajstić information content (AvgIpc) is 2.28. The van der Waals surface area contributed by atoms with Gasteiger partial charge >= 0.3 is 6.18 Å². The second-order valence-electron chi connectivity index (χ2n) is 3.62. The highest BCUT2D eigenvalue weighted by Gasteiger charge is 2.27. The number of carbonyl (C=O) groups excluding carboxylic acids is 1. The van der Waals surface area contributed by atoms with Crippen LogP contribution >= 0.6 is 0 Å². The fourth-order valence-corrected chi connectivity index (χ4v) is 1.27. The summed E-state index contributed by atoms with van der Waals surface area (Å²) in [6.45, 7) is 0. The van der Waals surface area contributed by atoms with Crippen LogP contribution in [0.2, 0.25) is 0 Å². The van der Waals surface area contributed by atoms with Crippen LogP contribution in [-0.4, -0.2) is 19.2 Å². The van der Waals surface area contributed by atoms with Gasteiger partial charge < -0.3 is 15.8 Å². The maximum atomic E-state index is 11.9. The van der Waals surface area contributed by atoms with Crippen LogP contribution in [0.1, 0.15) is 12.8 Å². The van der Waals surface area contributed by atoms with Crippen LogP contribution in [0.15, 0.2) is 18.2 Å². The van der Waals surface area contributed by atoms with E-state index in [0.29, 0.717) is 17.1 Å². The molecule has 0 aliphatic heterocycles. The molecule has 0 bridgehead atoms.